The molecule has 0 bridgehead atoms. The number of carboxylic acids is 2. The van der Waals surface area contributed by atoms with Gasteiger partial charge in [0.2, 0.25) is 5.91 Å². The van der Waals surface area contributed by atoms with Gasteiger partial charge >= 0.3 is 18.0 Å². The predicted octanol–water partition coefficient (Wildman–Crippen LogP) is 5.13. The normalized spacial score (nSPS) is 16.5. The summed E-state index contributed by atoms with van der Waals surface area (Å²) in [5.41, 5.74) is 3.74. The van der Waals surface area contributed by atoms with E-state index < -0.39 is 88.5 Å². The molecule has 0 aromatic heterocycles. The number of anilines is 1. The summed E-state index contributed by atoms with van der Waals surface area (Å²) in [5, 5.41) is 26.9. The van der Waals surface area contributed by atoms with Crippen LogP contribution in [0.3, 0.4) is 0 Å². The number of unbranched alkanes of at least 4 members (excludes halogenated alkanes) is 2. The number of fused-ring (bicyclic) bond motifs is 2. The Balaban J connectivity index is 1.32. The Morgan fingerprint density at radius 2 is 1.59 bits per heavy atom. The van der Waals surface area contributed by atoms with Crippen LogP contribution < -0.4 is 27.0 Å². The van der Waals surface area contributed by atoms with E-state index in [2.05, 4.69) is 34.4 Å². The monoisotopic (exact) mass is 999 g/mol. The Kier molecular flexibility index (Phi) is 18.4. The van der Waals surface area contributed by atoms with Gasteiger partial charge in [0, 0.05) is 42.2 Å². The van der Waals surface area contributed by atoms with Crippen molar-refractivity contribution in [3.05, 3.63) is 71.6 Å². The summed E-state index contributed by atoms with van der Waals surface area (Å²) in [5.74, 6) is -3.38. The van der Waals surface area contributed by atoms with Gasteiger partial charge in [-0.1, -0.05) is 31.9 Å². The summed E-state index contributed by atoms with van der Waals surface area (Å²) >= 11 is 0. The van der Waals surface area contributed by atoms with Gasteiger partial charge in [-0.3, -0.25) is 28.5 Å². The number of hydrogen-bond acceptors (Lipinski definition) is 14. The number of nitrogens with one attached hydrogen (secondary N) is 3. The first-order valence-corrected chi connectivity index (χ1v) is 25.1. The van der Waals surface area contributed by atoms with Gasteiger partial charge in [-0.25, -0.2) is 9.59 Å². The number of carbonyl (C=O) groups excluding carboxylic acids is 3. The first kappa shape index (κ1) is 53.6. The molecule has 1 heterocycles. The molecule has 0 spiro atoms. The topological polar surface area (TPSA) is 341 Å². The predicted molar refractivity (Wildman–Crippen MR) is 251 cm³/mol. The van der Waals surface area contributed by atoms with E-state index in [0.29, 0.717) is 24.7 Å². The van der Waals surface area contributed by atoms with Crippen LogP contribution in [-0.4, -0.2) is 112 Å². The van der Waals surface area contributed by atoms with Gasteiger partial charge in [0.1, 0.15) is 6.04 Å². The molecule has 4 atom stereocenters. The fraction of sp³-hybridized carbons (Fsp3) is 0.435. The second kappa shape index (κ2) is 23.7. The molecular formula is C46H57N5O16S2. The van der Waals surface area contributed by atoms with Crippen molar-refractivity contribution in [2.75, 3.05) is 45.7 Å². The molecule has 1 aliphatic heterocycles. The number of carbonyl (C=O) groups is 5. The van der Waals surface area contributed by atoms with Crippen LogP contribution in [0.25, 0.3) is 33.4 Å². The third-order valence-electron chi connectivity index (χ3n) is 11.8. The van der Waals surface area contributed by atoms with Crippen LogP contribution in [0, 0.1) is 17.8 Å². The molecule has 2 aliphatic carbocycles. The molecule has 374 valence electrons. The smallest absolute Gasteiger partial charge is 0.407 e. The number of carboxylic acid groups (broad SMARTS) is 2. The van der Waals surface area contributed by atoms with E-state index in [9.17, 15) is 55.0 Å². The second-order valence-corrected chi connectivity index (χ2v) is 19.2. The van der Waals surface area contributed by atoms with E-state index in [-0.39, 0.29) is 84.7 Å². The lowest BCUT2D eigenvalue weighted by atomic mass is 9.89. The van der Waals surface area contributed by atoms with Crippen LogP contribution >= 0.6 is 0 Å². The molecule has 21 nitrogen and oxygen atoms in total. The molecule has 3 aliphatic rings. The van der Waals surface area contributed by atoms with E-state index in [1.165, 1.54) is 37.4 Å². The van der Waals surface area contributed by atoms with Crippen molar-refractivity contribution in [2.24, 2.45) is 22.7 Å². The average Bonchev–Trinajstić information content (AvgIpc) is 3.97. The molecule has 2 aromatic carbocycles. The van der Waals surface area contributed by atoms with E-state index in [1.54, 1.807) is 0 Å². The molecule has 0 radical (unpaired) electrons. The first-order valence-electron chi connectivity index (χ1n) is 22.2. The second-order valence-electron chi connectivity index (χ2n) is 16.5. The minimum atomic E-state index is -5.17. The third-order valence-corrected chi connectivity index (χ3v) is 13.7. The number of alkyl carbamates (subject to hydrolysis) is 1. The molecule has 1 fully saturated rings. The van der Waals surface area contributed by atoms with Crippen molar-refractivity contribution < 1.29 is 74.0 Å². The Morgan fingerprint density at radius 3 is 2.25 bits per heavy atom. The molecule has 2 aromatic rings. The van der Waals surface area contributed by atoms with Crippen molar-refractivity contribution in [2.45, 2.75) is 80.5 Å². The zero-order chi connectivity index (χ0) is 50.6. The maximum atomic E-state index is 13.5. The number of ether oxygens (including phenoxy) is 2. The number of allylic oxidation sites excluding steroid dienone is 1. The largest absolute Gasteiger partial charge is 0.481 e. The van der Waals surface area contributed by atoms with Crippen LogP contribution in [0.1, 0.15) is 85.4 Å². The van der Waals surface area contributed by atoms with Crippen LogP contribution in [0.5, 0.6) is 0 Å². The Bertz CT molecular complexity index is 2850. The van der Waals surface area contributed by atoms with Crippen LogP contribution in [0.15, 0.2) is 74.3 Å². The molecule has 5 rings (SSSR count). The third kappa shape index (κ3) is 13.7. The van der Waals surface area contributed by atoms with Crippen molar-refractivity contribution in [1.29, 1.82) is 0 Å². The highest BCUT2D eigenvalue weighted by Crippen LogP contribution is 2.52. The van der Waals surface area contributed by atoms with Crippen LogP contribution in [-0.2, 0) is 39.3 Å². The standard InChI is InChI=1S/C46H57N5O16S2/c1-4-6-10-27-28(11-7-5-2)33(27)25-66-46(58)51-36(44(55)50-21-23-65-22-19-37(52)53)12-8-9-20-49-43(54)26-13-14-29(32(24-26)45(56)57)38-30-15-17-34(47)41(68(59,60)61)39(30)67-40-31(38)16-18-35(48-3)42(40)69(62,63)64/h4,13-18,24,27-28,33,36H,1,5-12,19-23,25,47H2,2-3H3,(H,49,54)(H,50,55)(H,51,58)(H,52,53)(H,56,57)(H,59,60,61)(H,62,63,64)/b48-35+. The fourth-order valence-corrected chi connectivity index (χ4v) is 10.0. The summed E-state index contributed by atoms with van der Waals surface area (Å²) in [6.45, 7) is 6.19. The fourth-order valence-electron chi connectivity index (χ4n) is 8.45. The van der Waals surface area contributed by atoms with Gasteiger partial charge in [0.15, 0.2) is 21.1 Å². The number of nitrogens with two attached hydrogens (primary N) is 1. The number of nitrogen functional groups attached to an aromatic ring is 1. The number of rotatable bonds is 26. The van der Waals surface area contributed by atoms with E-state index in [4.69, 9.17) is 24.7 Å². The number of nitrogens with zero attached hydrogens (tertiary/aromatic N) is 1. The number of aliphatic carboxylic acids is 1. The minimum absolute atomic E-state index is 0.0312. The van der Waals surface area contributed by atoms with E-state index in [1.807, 2.05) is 6.08 Å². The molecule has 9 N–H and O–H groups in total. The highest BCUT2D eigenvalue weighted by atomic mass is 32.2. The molecule has 0 saturated heterocycles. The number of benzene rings is 3. The lowest BCUT2D eigenvalue weighted by Crippen LogP contribution is -2.47. The number of amides is 3. The van der Waals surface area contributed by atoms with Crippen molar-refractivity contribution in [3.8, 4) is 22.5 Å². The Morgan fingerprint density at radius 1 is 0.884 bits per heavy atom. The highest BCUT2D eigenvalue weighted by Gasteiger charge is 2.49. The van der Waals surface area contributed by atoms with E-state index >= 15 is 0 Å². The average molecular weight is 1000 g/mol. The zero-order valence-corrected chi connectivity index (χ0v) is 39.7. The molecule has 23 heteroatoms. The van der Waals surface area contributed by atoms with E-state index in [0.717, 1.165) is 44.2 Å². The van der Waals surface area contributed by atoms with Crippen molar-refractivity contribution in [1.82, 2.24) is 16.0 Å². The summed E-state index contributed by atoms with van der Waals surface area (Å²) < 4.78 is 87.8. The SMILES string of the molecule is C=CCCC1C(CCCC)C1COC(=O)NC(CCCCNC(=O)c1ccc(-c2c3cc/c(=N\C)c(S(=O)(=O)O)c-3oc3c(S(=O)(=O)O)c(N)ccc23)c(C(=O)O)c1)C(=O)NCCOCCC(=O)O. The Labute approximate surface area is 398 Å². The minimum Gasteiger partial charge on any atom is -0.481 e. The number of aromatic carboxylic acids is 1. The molecule has 4 unspecified atom stereocenters. The van der Waals surface area contributed by atoms with Crippen LogP contribution in [0.2, 0.25) is 0 Å². The summed E-state index contributed by atoms with van der Waals surface area (Å²) in [7, 11) is -9.12. The van der Waals surface area contributed by atoms with Crippen molar-refractivity contribution in [3.63, 3.8) is 0 Å². The van der Waals surface area contributed by atoms with Gasteiger partial charge in [0.25, 0.3) is 26.1 Å². The summed E-state index contributed by atoms with van der Waals surface area (Å²) in [4.78, 5) is 65.4. The maximum absolute atomic E-state index is 13.5. The highest BCUT2D eigenvalue weighted by molar-refractivity contribution is 7.86. The van der Waals surface area contributed by atoms with Gasteiger partial charge in [-0.15, -0.1) is 6.58 Å². The first-order chi connectivity index (χ1) is 32.7. The maximum Gasteiger partial charge on any atom is 0.407 e. The molecule has 1 saturated carbocycles. The molecule has 69 heavy (non-hydrogen) atoms. The summed E-state index contributed by atoms with van der Waals surface area (Å²) in [6, 6.07) is 7.41. The van der Waals surface area contributed by atoms with Gasteiger partial charge in [0.05, 0.1) is 42.8 Å². The van der Waals surface area contributed by atoms with Crippen LogP contribution in [0.4, 0.5) is 10.5 Å². The van der Waals surface area contributed by atoms with Gasteiger partial charge < -0.3 is 45.8 Å². The van der Waals surface area contributed by atoms with Gasteiger partial charge in [-0.2, -0.15) is 16.8 Å². The van der Waals surface area contributed by atoms with Crippen molar-refractivity contribution >= 4 is 66.7 Å². The molecule has 3 amide bonds. The zero-order valence-electron chi connectivity index (χ0n) is 38.1. The van der Waals surface area contributed by atoms with Gasteiger partial charge in [-0.05, 0) is 98.2 Å². The lowest BCUT2D eigenvalue weighted by Gasteiger charge is -2.20. The summed E-state index contributed by atoms with van der Waals surface area (Å²) in [6.07, 6.45) is 6.60. The molecular weight excluding hydrogens is 943 g/mol. The Hall–Kier alpha value is -6.40. The number of hydrogen-bond donors (Lipinski definition) is 8. The quantitative estimate of drug-likeness (QED) is 0.0133. The lowest BCUT2D eigenvalue weighted by molar-refractivity contribution is -0.138.